The van der Waals surface area contributed by atoms with Gasteiger partial charge in [-0.2, -0.15) is 0 Å². The average molecular weight is 419 g/mol. The molecule has 1 amide bonds. The Kier molecular flexibility index (Phi) is 6.02. The molecule has 6 nitrogen and oxygen atoms in total. The van der Waals surface area contributed by atoms with Crippen molar-refractivity contribution in [3.05, 3.63) is 63.8 Å². The Labute approximate surface area is 171 Å². The molecule has 0 spiro atoms. The van der Waals surface area contributed by atoms with E-state index in [-0.39, 0.29) is 5.56 Å². The lowest BCUT2D eigenvalue weighted by atomic mass is 10.1. The molecular formula is C20H16Cl2N2O4. The molecule has 0 unspecified atom stereocenters. The number of esters is 1. The lowest BCUT2D eigenvalue weighted by molar-refractivity contribution is -0.119. The zero-order valence-electron chi connectivity index (χ0n) is 15.1. The summed E-state index contributed by atoms with van der Waals surface area (Å²) in [5, 5.41) is 4.28. The van der Waals surface area contributed by atoms with E-state index >= 15 is 0 Å². The van der Waals surface area contributed by atoms with E-state index in [1.165, 1.54) is 7.11 Å². The van der Waals surface area contributed by atoms with Crippen molar-refractivity contribution < 1.29 is 19.1 Å². The first-order valence-corrected chi connectivity index (χ1v) is 9.00. The largest absolute Gasteiger partial charge is 0.495 e. The van der Waals surface area contributed by atoms with Gasteiger partial charge in [0.2, 0.25) is 0 Å². The van der Waals surface area contributed by atoms with Gasteiger partial charge in [0.05, 0.1) is 29.6 Å². The number of carbonyl (C=O) groups excluding carboxylic acids is 2. The van der Waals surface area contributed by atoms with Crippen LogP contribution >= 0.6 is 23.2 Å². The van der Waals surface area contributed by atoms with Crippen molar-refractivity contribution in [1.29, 1.82) is 0 Å². The van der Waals surface area contributed by atoms with Gasteiger partial charge in [0.25, 0.3) is 5.91 Å². The second-order valence-corrected chi connectivity index (χ2v) is 6.80. The molecule has 1 aromatic heterocycles. The molecule has 1 heterocycles. The van der Waals surface area contributed by atoms with Crippen LogP contribution < -0.4 is 10.1 Å². The molecule has 3 rings (SSSR count). The van der Waals surface area contributed by atoms with E-state index in [2.05, 4.69) is 10.3 Å². The van der Waals surface area contributed by atoms with Gasteiger partial charge in [0.15, 0.2) is 6.61 Å². The molecule has 144 valence electrons. The van der Waals surface area contributed by atoms with Crippen LogP contribution in [0, 0.1) is 6.92 Å². The fourth-order valence-electron chi connectivity index (χ4n) is 2.62. The zero-order valence-corrected chi connectivity index (χ0v) is 16.6. The number of amides is 1. The summed E-state index contributed by atoms with van der Waals surface area (Å²) < 4.78 is 10.3. The Hall–Kier alpha value is -2.83. The second kappa shape index (κ2) is 8.46. The molecule has 8 heteroatoms. The molecule has 1 N–H and O–H groups in total. The molecular weight excluding hydrogens is 403 g/mol. The van der Waals surface area contributed by atoms with E-state index in [0.29, 0.717) is 38.1 Å². The predicted octanol–water partition coefficient (Wildman–Crippen LogP) is 4.65. The summed E-state index contributed by atoms with van der Waals surface area (Å²) >= 11 is 11.9. The molecule has 28 heavy (non-hydrogen) atoms. The van der Waals surface area contributed by atoms with Crippen molar-refractivity contribution in [2.45, 2.75) is 6.92 Å². The quantitative estimate of drug-likeness (QED) is 0.609. The number of nitrogens with one attached hydrogen (secondary N) is 1. The minimum Gasteiger partial charge on any atom is -0.495 e. The third kappa shape index (κ3) is 4.52. The summed E-state index contributed by atoms with van der Waals surface area (Å²) in [4.78, 5) is 28.9. The molecule has 0 saturated heterocycles. The van der Waals surface area contributed by atoms with E-state index in [1.807, 2.05) is 0 Å². The highest BCUT2D eigenvalue weighted by Gasteiger charge is 2.16. The van der Waals surface area contributed by atoms with Crippen LogP contribution in [0.2, 0.25) is 10.0 Å². The zero-order chi connectivity index (χ0) is 20.3. The number of pyridine rings is 1. The average Bonchev–Trinajstić information content (AvgIpc) is 2.66. The number of anilines is 1. The molecule has 3 aromatic rings. The van der Waals surface area contributed by atoms with Crippen molar-refractivity contribution in [3.63, 3.8) is 0 Å². The van der Waals surface area contributed by atoms with Gasteiger partial charge in [-0.15, -0.1) is 0 Å². The van der Waals surface area contributed by atoms with Crippen molar-refractivity contribution in [3.8, 4) is 5.75 Å². The normalized spacial score (nSPS) is 10.6. The van der Waals surface area contributed by atoms with Gasteiger partial charge in [0, 0.05) is 15.4 Å². The predicted molar refractivity (Wildman–Crippen MR) is 108 cm³/mol. The molecule has 0 bridgehead atoms. The van der Waals surface area contributed by atoms with Gasteiger partial charge in [-0.3, -0.25) is 9.78 Å². The fourth-order valence-corrected chi connectivity index (χ4v) is 2.98. The Morgan fingerprint density at radius 1 is 1.07 bits per heavy atom. The van der Waals surface area contributed by atoms with Crippen LogP contribution in [0.1, 0.15) is 16.1 Å². The number of methoxy groups -OCH3 is 1. The van der Waals surface area contributed by atoms with Crippen molar-refractivity contribution in [2.24, 2.45) is 0 Å². The molecule has 0 fully saturated rings. The van der Waals surface area contributed by atoms with Crippen LogP contribution in [-0.4, -0.2) is 30.6 Å². The third-order valence-electron chi connectivity index (χ3n) is 3.96. The van der Waals surface area contributed by atoms with Gasteiger partial charge in [-0.1, -0.05) is 23.2 Å². The first-order chi connectivity index (χ1) is 13.4. The first-order valence-electron chi connectivity index (χ1n) is 8.25. The Morgan fingerprint density at radius 3 is 2.54 bits per heavy atom. The number of hydrogen-bond donors (Lipinski definition) is 1. The van der Waals surface area contributed by atoms with Crippen LogP contribution in [0.4, 0.5) is 5.69 Å². The lowest BCUT2D eigenvalue weighted by Gasteiger charge is -2.11. The molecule has 0 aliphatic rings. The maximum absolute atomic E-state index is 12.4. The molecule has 0 atom stereocenters. The monoisotopic (exact) mass is 418 g/mol. The Morgan fingerprint density at radius 2 is 1.79 bits per heavy atom. The number of benzene rings is 2. The molecule has 0 aliphatic carbocycles. The van der Waals surface area contributed by atoms with Gasteiger partial charge < -0.3 is 14.8 Å². The maximum Gasteiger partial charge on any atom is 0.340 e. The highest BCUT2D eigenvalue weighted by Crippen LogP contribution is 2.27. The summed E-state index contributed by atoms with van der Waals surface area (Å²) in [6.45, 7) is 1.23. The van der Waals surface area contributed by atoms with Crippen molar-refractivity contribution in [1.82, 2.24) is 4.98 Å². The third-order valence-corrected chi connectivity index (χ3v) is 4.43. The SMILES string of the molecule is COc1ccc(Cl)cc1NC(=O)COC(=O)c1cc2cc(Cl)ccc2nc1C. The highest BCUT2D eigenvalue weighted by atomic mass is 35.5. The van der Waals surface area contributed by atoms with Gasteiger partial charge in [0.1, 0.15) is 5.75 Å². The van der Waals surface area contributed by atoms with Crippen LogP contribution in [0.3, 0.4) is 0 Å². The summed E-state index contributed by atoms with van der Waals surface area (Å²) in [6.07, 6.45) is 0. The smallest absolute Gasteiger partial charge is 0.340 e. The number of halogens is 2. The van der Waals surface area contributed by atoms with Crippen LogP contribution in [0.15, 0.2) is 42.5 Å². The highest BCUT2D eigenvalue weighted by molar-refractivity contribution is 6.31. The minimum atomic E-state index is -0.653. The van der Waals surface area contributed by atoms with Crippen LogP contribution in [-0.2, 0) is 9.53 Å². The topological polar surface area (TPSA) is 77.5 Å². The van der Waals surface area contributed by atoms with Crippen LogP contribution in [0.25, 0.3) is 10.9 Å². The number of rotatable bonds is 5. The fraction of sp³-hybridized carbons (Fsp3) is 0.150. The summed E-state index contributed by atoms with van der Waals surface area (Å²) in [7, 11) is 1.47. The standard InChI is InChI=1S/C20H16Cl2N2O4/c1-11-15(8-12-7-13(21)3-5-16(12)23-11)20(26)28-10-19(25)24-17-9-14(22)4-6-18(17)27-2/h3-9H,10H2,1-2H3,(H,24,25). The van der Waals surface area contributed by atoms with Gasteiger partial charge in [-0.25, -0.2) is 4.79 Å². The molecule has 0 saturated carbocycles. The van der Waals surface area contributed by atoms with Crippen molar-refractivity contribution >= 4 is 51.7 Å². The number of carbonyl (C=O) groups is 2. The van der Waals surface area contributed by atoms with E-state index in [0.717, 1.165) is 0 Å². The number of ether oxygens (including phenoxy) is 2. The second-order valence-electron chi connectivity index (χ2n) is 5.93. The number of fused-ring (bicyclic) bond motifs is 1. The number of nitrogens with zero attached hydrogens (tertiary/aromatic N) is 1. The van der Waals surface area contributed by atoms with E-state index in [9.17, 15) is 9.59 Å². The van der Waals surface area contributed by atoms with Crippen LogP contribution in [0.5, 0.6) is 5.75 Å². The molecule has 2 aromatic carbocycles. The van der Waals surface area contributed by atoms with E-state index in [4.69, 9.17) is 32.7 Å². The Bertz CT molecular complexity index is 1070. The minimum absolute atomic E-state index is 0.267. The maximum atomic E-state index is 12.4. The molecule has 0 aliphatic heterocycles. The van der Waals surface area contributed by atoms with Gasteiger partial charge in [-0.05, 0) is 49.4 Å². The summed E-state index contributed by atoms with van der Waals surface area (Å²) in [5.41, 5.74) is 1.86. The van der Waals surface area contributed by atoms with Gasteiger partial charge >= 0.3 is 5.97 Å². The van der Waals surface area contributed by atoms with E-state index < -0.39 is 18.5 Å². The first kappa shape index (κ1) is 19.9. The van der Waals surface area contributed by atoms with E-state index in [1.54, 1.807) is 49.4 Å². The summed E-state index contributed by atoms with van der Waals surface area (Å²) in [6, 6.07) is 11.6. The number of hydrogen-bond acceptors (Lipinski definition) is 5. The number of aromatic nitrogens is 1. The number of aryl methyl sites for hydroxylation is 1. The Balaban J connectivity index is 1.70. The summed E-state index contributed by atoms with van der Waals surface area (Å²) in [5.74, 6) is -0.737. The lowest BCUT2D eigenvalue weighted by Crippen LogP contribution is -2.21. The van der Waals surface area contributed by atoms with Crippen molar-refractivity contribution in [2.75, 3.05) is 19.0 Å². The molecule has 0 radical (unpaired) electrons.